The van der Waals surface area contributed by atoms with Crippen molar-refractivity contribution in [2.45, 2.75) is 18.9 Å². The second-order valence-electron chi connectivity index (χ2n) is 3.72. The second-order valence-corrected chi connectivity index (χ2v) is 4.06. The lowest BCUT2D eigenvalue weighted by atomic mass is 9.95. The zero-order valence-corrected chi connectivity index (χ0v) is 10.1. The Bertz CT molecular complexity index is 435. The standard InChI is InChI=1S/C12H12ClNO3/c1-2-17-10-9(8-6-4-3-5-7-8)11(15)14(13)12(10)16/h3-7,9-10H,2H2,1H3. The zero-order valence-electron chi connectivity index (χ0n) is 9.30. The number of carbonyl (C=O) groups excluding carboxylic acids is 2. The van der Waals surface area contributed by atoms with Gasteiger partial charge in [0.25, 0.3) is 11.8 Å². The molecule has 0 N–H and O–H groups in total. The third-order valence-corrected chi connectivity index (χ3v) is 3.04. The number of nitrogens with zero attached hydrogens (tertiary/aromatic N) is 1. The summed E-state index contributed by atoms with van der Waals surface area (Å²) in [6.07, 6.45) is -0.813. The fraction of sp³-hybridized carbons (Fsp3) is 0.333. The molecule has 2 amide bonds. The predicted octanol–water partition coefficient (Wildman–Crippen LogP) is 1.70. The molecule has 90 valence electrons. The number of carbonyl (C=O) groups is 2. The van der Waals surface area contributed by atoms with Gasteiger partial charge in [-0.2, -0.15) is 4.42 Å². The Kier molecular flexibility index (Phi) is 3.45. The van der Waals surface area contributed by atoms with Crippen LogP contribution in [0.15, 0.2) is 30.3 Å². The molecule has 1 aliphatic heterocycles. The third kappa shape index (κ3) is 2.06. The summed E-state index contributed by atoms with van der Waals surface area (Å²) in [6, 6.07) is 9.05. The molecule has 4 nitrogen and oxygen atoms in total. The average molecular weight is 254 g/mol. The molecule has 2 rings (SSSR count). The maximum Gasteiger partial charge on any atom is 0.274 e. The van der Waals surface area contributed by atoms with Gasteiger partial charge in [0.15, 0.2) is 6.10 Å². The van der Waals surface area contributed by atoms with Gasteiger partial charge in [0.1, 0.15) is 5.92 Å². The molecule has 5 heteroatoms. The molecule has 1 aromatic rings. The highest BCUT2D eigenvalue weighted by molar-refractivity contribution is 6.34. The number of ether oxygens (including phenoxy) is 1. The highest BCUT2D eigenvalue weighted by Crippen LogP contribution is 2.33. The number of hydrogen-bond donors (Lipinski definition) is 0. The van der Waals surface area contributed by atoms with Gasteiger partial charge in [-0.15, -0.1) is 0 Å². The van der Waals surface area contributed by atoms with Crippen LogP contribution < -0.4 is 0 Å². The fourth-order valence-corrected chi connectivity index (χ4v) is 2.14. The van der Waals surface area contributed by atoms with Crippen molar-refractivity contribution < 1.29 is 14.3 Å². The van der Waals surface area contributed by atoms with Crippen LogP contribution in [-0.2, 0) is 14.3 Å². The van der Waals surface area contributed by atoms with E-state index >= 15 is 0 Å². The summed E-state index contributed by atoms with van der Waals surface area (Å²) in [5.74, 6) is -1.56. The van der Waals surface area contributed by atoms with Crippen molar-refractivity contribution in [1.29, 1.82) is 0 Å². The van der Waals surface area contributed by atoms with Crippen LogP contribution >= 0.6 is 11.8 Å². The monoisotopic (exact) mass is 253 g/mol. The van der Waals surface area contributed by atoms with Crippen molar-refractivity contribution in [3.05, 3.63) is 35.9 Å². The molecule has 1 heterocycles. The van der Waals surface area contributed by atoms with Gasteiger partial charge in [-0.25, -0.2) is 0 Å². The van der Waals surface area contributed by atoms with Crippen molar-refractivity contribution in [3.8, 4) is 0 Å². The highest BCUT2D eigenvalue weighted by Gasteiger charge is 2.48. The lowest BCUT2D eigenvalue weighted by Crippen LogP contribution is -2.27. The summed E-state index contributed by atoms with van der Waals surface area (Å²) in [7, 11) is 0. The number of rotatable bonds is 3. The van der Waals surface area contributed by atoms with Crippen molar-refractivity contribution >= 4 is 23.6 Å². The molecule has 0 radical (unpaired) electrons. The molecule has 2 unspecified atom stereocenters. The third-order valence-electron chi connectivity index (χ3n) is 2.70. The summed E-state index contributed by atoms with van der Waals surface area (Å²) >= 11 is 5.64. The summed E-state index contributed by atoms with van der Waals surface area (Å²) in [4.78, 5) is 23.6. The lowest BCUT2D eigenvalue weighted by Gasteiger charge is -2.14. The molecule has 0 aliphatic carbocycles. The first-order valence-electron chi connectivity index (χ1n) is 5.37. The number of benzene rings is 1. The minimum atomic E-state index is -0.813. The first-order valence-corrected chi connectivity index (χ1v) is 5.70. The van der Waals surface area contributed by atoms with E-state index < -0.39 is 23.8 Å². The van der Waals surface area contributed by atoms with Crippen LogP contribution in [0.2, 0.25) is 0 Å². The molecular formula is C12H12ClNO3. The minimum absolute atomic E-state index is 0.359. The SMILES string of the molecule is CCOC1C(=O)N(Cl)C(=O)C1c1ccccc1. The Morgan fingerprint density at radius 3 is 2.47 bits per heavy atom. The first-order chi connectivity index (χ1) is 8.16. The Balaban J connectivity index is 2.36. The predicted molar refractivity (Wildman–Crippen MR) is 62.3 cm³/mol. The quantitative estimate of drug-likeness (QED) is 0.608. The number of imide groups is 1. The second kappa shape index (κ2) is 4.85. The van der Waals surface area contributed by atoms with E-state index in [1.54, 1.807) is 19.1 Å². The van der Waals surface area contributed by atoms with Gasteiger partial charge in [0, 0.05) is 18.4 Å². The lowest BCUT2D eigenvalue weighted by molar-refractivity contribution is -0.136. The van der Waals surface area contributed by atoms with E-state index in [2.05, 4.69) is 0 Å². The van der Waals surface area contributed by atoms with Gasteiger partial charge in [0.2, 0.25) is 0 Å². The number of halogens is 1. The zero-order chi connectivity index (χ0) is 12.4. The van der Waals surface area contributed by atoms with Gasteiger partial charge in [-0.05, 0) is 12.5 Å². The smallest absolute Gasteiger partial charge is 0.274 e. The van der Waals surface area contributed by atoms with E-state index in [1.165, 1.54) is 0 Å². The topological polar surface area (TPSA) is 46.6 Å². The summed E-state index contributed by atoms with van der Waals surface area (Å²) in [5, 5.41) is 0. The molecule has 1 aromatic carbocycles. The van der Waals surface area contributed by atoms with E-state index in [0.717, 1.165) is 5.56 Å². The van der Waals surface area contributed by atoms with E-state index in [4.69, 9.17) is 16.5 Å². The maximum atomic E-state index is 11.9. The Labute approximate surface area is 104 Å². The minimum Gasteiger partial charge on any atom is -0.367 e. The molecule has 17 heavy (non-hydrogen) atoms. The van der Waals surface area contributed by atoms with Gasteiger partial charge in [-0.3, -0.25) is 9.59 Å². The van der Waals surface area contributed by atoms with Crippen LogP contribution in [-0.4, -0.2) is 28.9 Å². The Morgan fingerprint density at radius 2 is 1.88 bits per heavy atom. The molecule has 0 saturated carbocycles. The van der Waals surface area contributed by atoms with E-state index in [9.17, 15) is 9.59 Å². The van der Waals surface area contributed by atoms with E-state index in [1.807, 2.05) is 18.2 Å². The van der Waals surface area contributed by atoms with Crippen molar-refractivity contribution in [2.75, 3.05) is 6.61 Å². The first kappa shape index (κ1) is 12.1. The van der Waals surface area contributed by atoms with Crippen molar-refractivity contribution in [1.82, 2.24) is 4.42 Å². The molecule has 0 spiro atoms. The normalized spacial score (nSPS) is 24.5. The molecule has 0 aromatic heterocycles. The summed E-state index contributed by atoms with van der Waals surface area (Å²) < 4.78 is 5.95. The molecule has 1 saturated heterocycles. The summed E-state index contributed by atoms with van der Waals surface area (Å²) in [6.45, 7) is 2.13. The van der Waals surface area contributed by atoms with E-state index in [-0.39, 0.29) is 0 Å². The van der Waals surface area contributed by atoms with Crippen LogP contribution in [0.3, 0.4) is 0 Å². The van der Waals surface area contributed by atoms with Crippen LogP contribution in [0.1, 0.15) is 18.4 Å². The molecule has 1 fully saturated rings. The van der Waals surface area contributed by atoms with Crippen LogP contribution in [0.4, 0.5) is 0 Å². The Hall–Kier alpha value is -1.39. The molecule has 2 atom stereocenters. The van der Waals surface area contributed by atoms with Gasteiger partial charge in [0.05, 0.1) is 0 Å². The van der Waals surface area contributed by atoms with Gasteiger partial charge < -0.3 is 4.74 Å². The molecule has 1 aliphatic rings. The maximum absolute atomic E-state index is 11.9. The number of amides is 2. The number of hydrogen-bond acceptors (Lipinski definition) is 3. The highest BCUT2D eigenvalue weighted by atomic mass is 35.5. The Morgan fingerprint density at radius 1 is 1.24 bits per heavy atom. The summed E-state index contributed by atoms with van der Waals surface area (Å²) in [5.41, 5.74) is 0.743. The van der Waals surface area contributed by atoms with Crippen LogP contribution in [0, 0.1) is 0 Å². The molecule has 0 bridgehead atoms. The van der Waals surface area contributed by atoms with Crippen LogP contribution in [0.5, 0.6) is 0 Å². The largest absolute Gasteiger partial charge is 0.367 e. The molecular weight excluding hydrogens is 242 g/mol. The van der Waals surface area contributed by atoms with Crippen molar-refractivity contribution in [2.24, 2.45) is 0 Å². The van der Waals surface area contributed by atoms with Crippen molar-refractivity contribution in [3.63, 3.8) is 0 Å². The van der Waals surface area contributed by atoms with E-state index in [0.29, 0.717) is 11.0 Å². The average Bonchev–Trinajstić information content (AvgIpc) is 2.56. The van der Waals surface area contributed by atoms with Gasteiger partial charge in [-0.1, -0.05) is 30.3 Å². The van der Waals surface area contributed by atoms with Gasteiger partial charge >= 0.3 is 0 Å². The fourth-order valence-electron chi connectivity index (χ4n) is 1.94. The van der Waals surface area contributed by atoms with Crippen LogP contribution in [0.25, 0.3) is 0 Å².